The molecule has 1 rings (SSSR count). The SMILES string of the molecule is CC1(N)C=CC=P1. The fraction of sp³-hybridized carbons (Fsp3) is 0.400. The first kappa shape index (κ1) is 5.02. The van der Waals surface area contributed by atoms with Crippen molar-refractivity contribution < 1.29 is 0 Å². The van der Waals surface area contributed by atoms with Gasteiger partial charge in [0.2, 0.25) is 0 Å². The monoisotopic (exact) mass is 113 g/mol. The fourth-order valence-corrected chi connectivity index (χ4v) is 1.15. The van der Waals surface area contributed by atoms with E-state index in [0.29, 0.717) is 0 Å². The third-order valence-electron chi connectivity index (χ3n) is 0.872. The van der Waals surface area contributed by atoms with Crippen LogP contribution in [-0.2, 0) is 0 Å². The summed E-state index contributed by atoms with van der Waals surface area (Å²) in [5.74, 6) is 2.06. The van der Waals surface area contributed by atoms with Gasteiger partial charge in [-0.3, -0.25) is 0 Å². The van der Waals surface area contributed by atoms with Crippen LogP contribution in [0.3, 0.4) is 0 Å². The van der Waals surface area contributed by atoms with E-state index >= 15 is 0 Å². The predicted octanol–water partition coefficient (Wildman–Crippen LogP) is 0.980. The summed E-state index contributed by atoms with van der Waals surface area (Å²) in [4.78, 5) is 0. The molecule has 2 heteroatoms. The van der Waals surface area contributed by atoms with E-state index in [1.54, 1.807) is 0 Å². The van der Waals surface area contributed by atoms with Crippen LogP contribution in [0.1, 0.15) is 6.92 Å². The van der Waals surface area contributed by atoms with Crippen LogP contribution in [0.5, 0.6) is 0 Å². The van der Waals surface area contributed by atoms with Gasteiger partial charge in [-0.1, -0.05) is 20.4 Å². The molecule has 0 fully saturated rings. The van der Waals surface area contributed by atoms with E-state index in [0.717, 1.165) is 0 Å². The molecule has 0 aromatic carbocycles. The van der Waals surface area contributed by atoms with E-state index in [1.807, 2.05) is 19.1 Å². The summed E-state index contributed by atoms with van der Waals surface area (Å²) in [6, 6.07) is 0. The summed E-state index contributed by atoms with van der Waals surface area (Å²) >= 11 is 0. The van der Waals surface area contributed by atoms with Crippen LogP contribution < -0.4 is 5.73 Å². The molecule has 1 heterocycles. The molecule has 0 aromatic rings. The highest BCUT2D eigenvalue weighted by atomic mass is 31.1. The van der Waals surface area contributed by atoms with Gasteiger partial charge in [0.25, 0.3) is 0 Å². The Bertz CT molecular complexity index is 110. The van der Waals surface area contributed by atoms with Crippen molar-refractivity contribution >= 4 is 14.0 Å². The molecule has 1 aliphatic rings. The van der Waals surface area contributed by atoms with Gasteiger partial charge in [-0.2, -0.15) is 0 Å². The van der Waals surface area contributed by atoms with Crippen molar-refractivity contribution in [1.82, 2.24) is 0 Å². The lowest BCUT2D eigenvalue weighted by Gasteiger charge is -2.07. The second-order valence-corrected chi connectivity index (χ2v) is 3.38. The van der Waals surface area contributed by atoms with Gasteiger partial charge in [0.1, 0.15) is 0 Å². The maximum atomic E-state index is 5.65. The molecule has 1 atom stereocenters. The summed E-state index contributed by atoms with van der Waals surface area (Å²) in [7, 11) is 1.21. The first-order chi connectivity index (χ1) is 3.21. The van der Waals surface area contributed by atoms with Gasteiger partial charge in [0, 0.05) is 0 Å². The van der Waals surface area contributed by atoms with E-state index in [-0.39, 0.29) is 5.28 Å². The molecule has 0 saturated carbocycles. The van der Waals surface area contributed by atoms with E-state index < -0.39 is 0 Å². The van der Waals surface area contributed by atoms with E-state index in [1.165, 1.54) is 8.20 Å². The second-order valence-electron chi connectivity index (χ2n) is 1.86. The van der Waals surface area contributed by atoms with Gasteiger partial charge in [0.15, 0.2) is 0 Å². The van der Waals surface area contributed by atoms with Crippen LogP contribution in [0, 0.1) is 0 Å². The molecule has 1 aliphatic heterocycles. The average molecular weight is 113 g/mol. The molecule has 0 radical (unpaired) electrons. The molecular weight excluding hydrogens is 105 g/mol. The van der Waals surface area contributed by atoms with Gasteiger partial charge in [0.05, 0.1) is 5.28 Å². The van der Waals surface area contributed by atoms with Gasteiger partial charge in [-0.15, -0.1) is 0 Å². The minimum atomic E-state index is -0.0694. The number of allylic oxidation sites excluding steroid dienone is 1. The number of nitrogens with two attached hydrogens (primary N) is 1. The van der Waals surface area contributed by atoms with Crippen molar-refractivity contribution in [2.75, 3.05) is 0 Å². The summed E-state index contributed by atoms with van der Waals surface area (Å²) < 4.78 is 0. The van der Waals surface area contributed by atoms with E-state index in [4.69, 9.17) is 5.73 Å². The van der Waals surface area contributed by atoms with Gasteiger partial charge in [-0.05, 0) is 12.7 Å². The van der Waals surface area contributed by atoms with Gasteiger partial charge >= 0.3 is 0 Å². The Kier molecular flexibility index (Phi) is 1.02. The van der Waals surface area contributed by atoms with Gasteiger partial charge in [-0.25, -0.2) is 0 Å². The maximum absolute atomic E-state index is 5.65. The topological polar surface area (TPSA) is 26.0 Å². The lowest BCUT2D eigenvalue weighted by molar-refractivity contribution is 0.851. The summed E-state index contributed by atoms with van der Waals surface area (Å²) in [6.07, 6.45) is 4.01. The Morgan fingerprint density at radius 1 is 1.71 bits per heavy atom. The van der Waals surface area contributed by atoms with Crippen molar-refractivity contribution in [3.63, 3.8) is 0 Å². The molecule has 0 saturated heterocycles. The zero-order valence-electron chi connectivity index (χ0n) is 4.26. The third-order valence-corrected chi connectivity index (χ3v) is 1.90. The zero-order chi connectivity index (χ0) is 5.33. The van der Waals surface area contributed by atoms with E-state index in [9.17, 15) is 0 Å². The van der Waals surface area contributed by atoms with Crippen molar-refractivity contribution in [1.29, 1.82) is 0 Å². The number of rotatable bonds is 0. The Balaban J connectivity index is 2.77. The predicted molar refractivity (Wildman–Crippen MR) is 34.7 cm³/mol. The summed E-state index contributed by atoms with van der Waals surface area (Å²) in [5, 5.41) is -0.0694. The minimum Gasteiger partial charge on any atom is -0.315 e. The number of hydrogen-bond donors (Lipinski definition) is 1. The molecule has 2 N–H and O–H groups in total. The molecule has 0 aliphatic carbocycles. The summed E-state index contributed by atoms with van der Waals surface area (Å²) in [6.45, 7) is 2.01. The first-order valence-electron chi connectivity index (χ1n) is 2.23. The van der Waals surface area contributed by atoms with Crippen LogP contribution in [0.15, 0.2) is 12.2 Å². The quantitative estimate of drug-likeness (QED) is 0.465. The third kappa shape index (κ3) is 1.12. The normalized spacial score (nSPS) is 39.7. The minimum absolute atomic E-state index is 0.0694. The van der Waals surface area contributed by atoms with Crippen LogP contribution in [-0.4, -0.2) is 11.1 Å². The molecular formula is C5H8NP. The standard InChI is InChI=1S/C5H8NP/c1-5(6)3-2-4-7-5/h2-4H,6H2,1H3. The maximum Gasteiger partial charge on any atom is 0.0739 e. The lowest BCUT2D eigenvalue weighted by atomic mass is 10.3. The number of hydrogen-bond acceptors (Lipinski definition) is 1. The Labute approximate surface area is 45.0 Å². The van der Waals surface area contributed by atoms with Crippen molar-refractivity contribution in [2.24, 2.45) is 5.73 Å². The Morgan fingerprint density at radius 3 is 2.57 bits per heavy atom. The zero-order valence-corrected chi connectivity index (χ0v) is 5.15. The van der Waals surface area contributed by atoms with Crippen molar-refractivity contribution in [2.45, 2.75) is 12.2 Å². The highest BCUT2D eigenvalue weighted by Gasteiger charge is 2.11. The highest BCUT2D eigenvalue weighted by Crippen LogP contribution is 2.21. The highest BCUT2D eigenvalue weighted by molar-refractivity contribution is 7.41. The summed E-state index contributed by atoms with van der Waals surface area (Å²) in [5.41, 5.74) is 5.65. The van der Waals surface area contributed by atoms with Crippen LogP contribution >= 0.6 is 8.20 Å². The van der Waals surface area contributed by atoms with Crippen LogP contribution in [0.25, 0.3) is 0 Å². The molecule has 0 bridgehead atoms. The fourth-order valence-electron chi connectivity index (χ4n) is 0.485. The van der Waals surface area contributed by atoms with E-state index in [2.05, 4.69) is 5.80 Å². The Hall–Kier alpha value is -0.130. The molecule has 1 unspecified atom stereocenters. The lowest BCUT2D eigenvalue weighted by Crippen LogP contribution is -2.23. The largest absolute Gasteiger partial charge is 0.315 e. The van der Waals surface area contributed by atoms with Gasteiger partial charge < -0.3 is 5.73 Å². The molecule has 7 heavy (non-hydrogen) atoms. The molecule has 0 amide bonds. The molecule has 1 nitrogen and oxygen atoms in total. The second kappa shape index (κ2) is 1.43. The first-order valence-corrected chi connectivity index (χ1v) is 3.19. The molecule has 38 valence electrons. The molecule has 0 aromatic heterocycles. The van der Waals surface area contributed by atoms with Crippen molar-refractivity contribution in [3.8, 4) is 0 Å². The smallest absolute Gasteiger partial charge is 0.0739 e. The van der Waals surface area contributed by atoms with Crippen LogP contribution in [0.4, 0.5) is 0 Å². The van der Waals surface area contributed by atoms with Crippen molar-refractivity contribution in [3.05, 3.63) is 12.2 Å². The Morgan fingerprint density at radius 2 is 2.43 bits per heavy atom. The van der Waals surface area contributed by atoms with Crippen LogP contribution in [0.2, 0.25) is 0 Å². The average Bonchev–Trinajstić information content (AvgIpc) is 1.84. The molecule has 0 spiro atoms.